The van der Waals surface area contributed by atoms with E-state index >= 15 is 0 Å². The Kier molecular flexibility index (Phi) is 2.60. The van der Waals surface area contributed by atoms with E-state index in [1.807, 2.05) is 35.8 Å². The lowest BCUT2D eigenvalue weighted by atomic mass is 9.96. The highest BCUT2D eigenvalue weighted by molar-refractivity contribution is 5.84. The van der Waals surface area contributed by atoms with Crippen LogP contribution in [0.1, 0.15) is 19.9 Å². The number of para-hydroxylation sites is 2. The maximum absolute atomic E-state index is 12.3. The second-order valence-electron chi connectivity index (χ2n) is 5.51. The molecule has 0 radical (unpaired) electrons. The van der Waals surface area contributed by atoms with Crippen molar-refractivity contribution < 1.29 is 9.90 Å². The molecule has 0 aliphatic carbocycles. The number of β-amino-alcohol motifs (C(OH)–C–C–N with tert-alkyl or cyclic N) is 1. The van der Waals surface area contributed by atoms with Gasteiger partial charge in [-0.25, -0.2) is 4.98 Å². The standard InChI is InChI=1S/C14H17N3O2/c1-10(13(18)16-7-14(2,19)8-16)17-9-15-11-5-3-4-6-12(11)17/h3-6,9-10,19H,7-8H2,1-2H3. The number of carbonyl (C=O) groups excluding carboxylic acids is 1. The number of carbonyl (C=O) groups is 1. The van der Waals surface area contributed by atoms with Crippen LogP contribution in [-0.2, 0) is 4.79 Å². The molecule has 2 aromatic rings. The number of benzene rings is 1. The van der Waals surface area contributed by atoms with Gasteiger partial charge in [-0.3, -0.25) is 4.79 Å². The molecule has 1 aromatic carbocycles. The first-order valence-corrected chi connectivity index (χ1v) is 6.41. The van der Waals surface area contributed by atoms with Crippen LogP contribution in [0, 0.1) is 0 Å². The Hall–Kier alpha value is -1.88. The summed E-state index contributed by atoms with van der Waals surface area (Å²) in [6, 6.07) is 7.45. The number of likely N-dealkylation sites (tertiary alicyclic amines) is 1. The molecule has 1 aliphatic heterocycles. The second kappa shape index (κ2) is 4.06. The molecule has 0 saturated carbocycles. The average molecular weight is 259 g/mol. The van der Waals surface area contributed by atoms with Crippen LogP contribution >= 0.6 is 0 Å². The summed E-state index contributed by atoms with van der Waals surface area (Å²) >= 11 is 0. The third-order valence-corrected chi connectivity index (χ3v) is 3.63. The van der Waals surface area contributed by atoms with Gasteiger partial charge in [0.1, 0.15) is 6.04 Å². The first-order valence-electron chi connectivity index (χ1n) is 6.41. The van der Waals surface area contributed by atoms with E-state index in [1.165, 1.54) is 0 Å². The fraction of sp³-hybridized carbons (Fsp3) is 0.429. The van der Waals surface area contributed by atoms with Gasteiger partial charge in [0, 0.05) is 0 Å². The van der Waals surface area contributed by atoms with Crippen molar-refractivity contribution in [2.45, 2.75) is 25.5 Å². The SMILES string of the molecule is CC(C(=O)N1CC(C)(O)C1)n1cnc2ccccc21. The summed E-state index contributed by atoms with van der Waals surface area (Å²) in [5, 5.41) is 9.70. The molecule has 0 bridgehead atoms. The molecule has 19 heavy (non-hydrogen) atoms. The Morgan fingerprint density at radius 2 is 2.11 bits per heavy atom. The van der Waals surface area contributed by atoms with Gasteiger partial charge in [-0.15, -0.1) is 0 Å². The summed E-state index contributed by atoms with van der Waals surface area (Å²) in [7, 11) is 0. The maximum Gasteiger partial charge on any atom is 0.245 e. The number of rotatable bonds is 2. The largest absolute Gasteiger partial charge is 0.386 e. The topological polar surface area (TPSA) is 58.4 Å². The number of fused-ring (bicyclic) bond motifs is 1. The van der Waals surface area contributed by atoms with Crippen LogP contribution in [0.3, 0.4) is 0 Å². The molecule has 1 saturated heterocycles. The van der Waals surface area contributed by atoms with Crippen molar-refractivity contribution in [2.24, 2.45) is 0 Å². The molecule has 1 fully saturated rings. The van der Waals surface area contributed by atoms with Crippen molar-refractivity contribution in [3.63, 3.8) is 0 Å². The summed E-state index contributed by atoms with van der Waals surface area (Å²) in [4.78, 5) is 18.3. The summed E-state index contributed by atoms with van der Waals surface area (Å²) in [6.07, 6.45) is 1.70. The number of amides is 1. The van der Waals surface area contributed by atoms with Crippen LogP contribution in [-0.4, -0.2) is 44.2 Å². The summed E-state index contributed by atoms with van der Waals surface area (Å²) in [5.41, 5.74) is 1.11. The minimum absolute atomic E-state index is 0.0229. The molecular formula is C14H17N3O2. The Bertz CT molecular complexity index is 624. The second-order valence-corrected chi connectivity index (χ2v) is 5.51. The van der Waals surface area contributed by atoms with Crippen LogP contribution in [0.4, 0.5) is 0 Å². The van der Waals surface area contributed by atoms with Crippen molar-refractivity contribution in [1.29, 1.82) is 0 Å². The predicted molar refractivity (Wildman–Crippen MR) is 71.6 cm³/mol. The highest BCUT2D eigenvalue weighted by atomic mass is 16.3. The quantitative estimate of drug-likeness (QED) is 0.881. The molecule has 100 valence electrons. The Balaban J connectivity index is 1.84. The smallest absolute Gasteiger partial charge is 0.245 e. The third-order valence-electron chi connectivity index (χ3n) is 3.63. The van der Waals surface area contributed by atoms with Gasteiger partial charge in [0.25, 0.3) is 0 Å². The minimum Gasteiger partial charge on any atom is -0.386 e. The molecule has 1 amide bonds. The zero-order valence-corrected chi connectivity index (χ0v) is 11.1. The molecular weight excluding hydrogens is 242 g/mol. The lowest BCUT2D eigenvalue weighted by Gasteiger charge is -2.45. The van der Waals surface area contributed by atoms with Crippen LogP contribution in [0.15, 0.2) is 30.6 Å². The highest BCUT2D eigenvalue weighted by Crippen LogP contribution is 2.25. The molecule has 1 aliphatic rings. The van der Waals surface area contributed by atoms with Crippen molar-refractivity contribution in [2.75, 3.05) is 13.1 Å². The van der Waals surface area contributed by atoms with Crippen molar-refractivity contribution in [1.82, 2.24) is 14.5 Å². The molecule has 0 spiro atoms. The monoisotopic (exact) mass is 259 g/mol. The summed E-state index contributed by atoms with van der Waals surface area (Å²) in [6.45, 7) is 4.42. The number of hydrogen-bond acceptors (Lipinski definition) is 3. The van der Waals surface area contributed by atoms with E-state index in [2.05, 4.69) is 4.98 Å². The molecule has 5 heteroatoms. The van der Waals surface area contributed by atoms with E-state index in [4.69, 9.17) is 0 Å². The van der Waals surface area contributed by atoms with E-state index in [0.29, 0.717) is 13.1 Å². The van der Waals surface area contributed by atoms with Gasteiger partial charge in [0.15, 0.2) is 0 Å². The van der Waals surface area contributed by atoms with Gasteiger partial charge in [-0.05, 0) is 26.0 Å². The molecule has 1 atom stereocenters. The number of aliphatic hydroxyl groups is 1. The van der Waals surface area contributed by atoms with E-state index in [-0.39, 0.29) is 11.9 Å². The molecule has 1 N–H and O–H groups in total. The van der Waals surface area contributed by atoms with Gasteiger partial charge < -0.3 is 14.6 Å². The summed E-state index contributed by atoms with van der Waals surface area (Å²) < 4.78 is 1.88. The molecule has 1 unspecified atom stereocenters. The third kappa shape index (κ3) is 2.00. The van der Waals surface area contributed by atoms with E-state index in [9.17, 15) is 9.90 Å². The molecule has 2 heterocycles. The van der Waals surface area contributed by atoms with Gasteiger partial charge in [-0.2, -0.15) is 0 Å². The zero-order valence-electron chi connectivity index (χ0n) is 11.1. The van der Waals surface area contributed by atoms with Crippen LogP contribution in [0.2, 0.25) is 0 Å². The maximum atomic E-state index is 12.3. The lowest BCUT2D eigenvalue weighted by molar-refractivity contribution is -0.155. The summed E-state index contributed by atoms with van der Waals surface area (Å²) in [5.74, 6) is 0.0229. The van der Waals surface area contributed by atoms with E-state index < -0.39 is 5.60 Å². The number of aromatic nitrogens is 2. The fourth-order valence-electron chi connectivity index (χ4n) is 2.60. The van der Waals surface area contributed by atoms with Gasteiger partial charge in [0.05, 0.1) is 36.1 Å². The Morgan fingerprint density at radius 1 is 1.42 bits per heavy atom. The molecule has 1 aromatic heterocycles. The Morgan fingerprint density at radius 3 is 2.79 bits per heavy atom. The van der Waals surface area contributed by atoms with Crippen LogP contribution < -0.4 is 0 Å². The Labute approximate surface area is 111 Å². The predicted octanol–water partition coefficient (Wildman–Crippen LogP) is 1.19. The first-order chi connectivity index (χ1) is 8.98. The van der Waals surface area contributed by atoms with E-state index in [1.54, 1.807) is 18.2 Å². The van der Waals surface area contributed by atoms with Crippen molar-refractivity contribution >= 4 is 16.9 Å². The van der Waals surface area contributed by atoms with Crippen molar-refractivity contribution in [3.05, 3.63) is 30.6 Å². The van der Waals surface area contributed by atoms with Crippen LogP contribution in [0.25, 0.3) is 11.0 Å². The van der Waals surface area contributed by atoms with Gasteiger partial charge >= 0.3 is 0 Å². The normalized spacial score (nSPS) is 19.2. The molecule has 3 rings (SSSR count). The average Bonchev–Trinajstić information content (AvgIpc) is 2.78. The zero-order chi connectivity index (χ0) is 13.6. The fourth-order valence-corrected chi connectivity index (χ4v) is 2.60. The van der Waals surface area contributed by atoms with E-state index in [0.717, 1.165) is 11.0 Å². The minimum atomic E-state index is -0.730. The van der Waals surface area contributed by atoms with Crippen LogP contribution in [0.5, 0.6) is 0 Å². The first kappa shape index (κ1) is 12.2. The highest BCUT2D eigenvalue weighted by Gasteiger charge is 2.41. The van der Waals surface area contributed by atoms with Gasteiger partial charge in [-0.1, -0.05) is 12.1 Å². The molecule has 5 nitrogen and oxygen atoms in total. The number of hydrogen-bond donors (Lipinski definition) is 1. The number of nitrogens with zero attached hydrogens (tertiary/aromatic N) is 3. The van der Waals surface area contributed by atoms with Gasteiger partial charge in [0.2, 0.25) is 5.91 Å². The van der Waals surface area contributed by atoms with Crippen molar-refractivity contribution in [3.8, 4) is 0 Å². The lowest BCUT2D eigenvalue weighted by Crippen LogP contribution is -2.62. The number of imidazole rings is 1.